The Morgan fingerprint density at radius 3 is 2.31 bits per heavy atom. The predicted molar refractivity (Wildman–Crippen MR) is 100 cm³/mol. The van der Waals surface area contributed by atoms with Gasteiger partial charge in [-0.15, -0.1) is 11.8 Å². The first-order valence-corrected chi connectivity index (χ1v) is 9.19. The molecule has 0 unspecified atom stereocenters. The number of carbonyl (C=O) groups is 3. The van der Waals surface area contributed by atoms with E-state index in [-0.39, 0.29) is 18.9 Å². The highest BCUT2D eigenvalue weighted by molar-refractivity contribution is 7.98. The van der Waals surface area contributed by atoms with Crippen LogP contribution in [-0.2, 0) is 16.1 Å². The van der Waals surface area contributed by atoms with E-state index in [0.717, 1.165) is 10.5 Å². The van der Waals surface area contributed by atoms with Gasteiger partial charge in [0.2, 0.25) is 0 Å². The normalized spacial score (nSPS) is 10.0. The molecule has 2 aromatic carbocycles. The standard InChI is InChI=1S/C19H20N2O4S/c1-26-16-9-7-15(8-10-16)17(22)13-25-18(23)12-21-19(24)20-11-14-5-3-2-4-6-14/h2-10H,11-13H2,1H3,(H2,20,21,24). The Morgan fingerprint density at radius 1 is 0.962 bits per heavy atom. The molecule has 0 saturated heterocycles. The predicted octanol–water partition coefficient (Wildman–Crippen LogP) is 2.63. The minimum Gasteiger partial charge on any atom is -0.456 e. The van der Waals surface area contributed by atoms with Gasteiger partial charge in [-0.3, -0.25) is 9.59 Å². The maximum Gasteiger partial charge on any atom is 0.325 e. The minimum atomic E-state index is -0.672. The van der Waals surface area contributed by atoms with E-state index in [1.807, 2.05) is 48.7 Å². The monoisotopic (exact) mass is 372 g/mol. The summed E-state index contributed by atoms with van der Waals surface area (Å²) in [5, 5.41) is 5.02. The van der Waals surface area contributed by atoms with Crippen LogP contribution >= 0.6 is 11.8 Å². The Labute approximate surface area is 156 Å². The maximum atomic E-state index is 12.0. The lowest BCUT2D eigenvalue weighted by molar-refractivity contribution is -0.141. The van der Waals surface area contributed by atoms with E-state index < -0.39 is 12.0 Å². The van der Waals surface area contributed by atoms with Gasteiger partial charge in [-0.05, 0) is 24.0 Å². The van der Waals surface area contributed by atoms with E-state index >= 15 is 0 Å². The number of urea groups is 1. The molecular formula is C19H20N2O4S. The van der Waals surface area contributed by atoms with Crippen LogP contribution in [0.5, 0.6) is 0 Å². The lowest BCUT2D eigenvalue weighted by atomic mass is 10.1. The Hall–Kier alpha value is -2.80. The van der Waals surface area contributed by atoms with Crippen LogP contribution in [0.25, 0.3) is 0 Å². The number of benzene rings is 2. The molecule has 0 bridgehead atoms. The first kappa shape index (κ1) is 19.5. The number of hydrogen-bond acceptors (Lipinski definition) is 5. The van der Waals surface area contributed by atoms with Crippen molar-refractivity contribution in [3.63, 3.8) is 0 Å². The largest absolute Gasteiger partial charge is 0.456 e. The fourth-order valence-corrected chi connectivity index (χ4v) is 2.46. The van der Waals surface area contributed by atoms with Crippen LogP contribution in [0.4, 0.5) is 4.79 Å². The van der Waals surface area contributed by atoms with Crippen molar-refractivity contribution in [2.24, 2.45) is 0 Å². The average molecular weight is 372 g/mol. The van der Waals surface area contributed by atoms with Crippen molar-refractivity contribution in [3.05, 3.63) is 65.7 Å². The second kappa shape index (κ2) is 10.2. The zero-order valence-electron chi connectivity index (χ0n) is 14.4. The van der Waals surface area contributed by atoms with Gasteiger partial charge in [0, 0.05) is 17.0 Å². The molecule has 2 rings (SSSR count). The fourth-order valence-electron chi connectivity index (χ4n) is 2.05. The summed E-state index contributed by atoms with van der Waals surface area (Å²) in [6, 6.07) is 16.0. The number of ether oxygens (including phenoxy) is 1. The number of esters is 1. The van der Waals surface area contributed by atoms with Crippen molar-refractivity contribution in [1.29, 1.82) is 0 Å². The van der Waals surface area contributed by atoms with Crippen LogP contribution in [-0.4, -0.2) is 37.2 Å². The summed E-state index contributed by atoms with van der Waals surface area (Å²) in [4.78, 5) is 36.3. The maximum absolute atomic E-state index is 12.0. The number of thioether (sulfide) groups is 1. The molecule has 0 aromatic heterocycles. The van der Waals surface area contributed by atoms with Crippen molar-refractivity contribution >= 4 is 29.5 Å². The molecule has 2 amide bonds. The summed E-state index contributed by atoms with van der Waals surface area (Å²) in [6.45, 7) is -0.309. The number of rotatable bonds is 8. The van der Waals surface area contributed by atoms with E-state index in [4.69, 9.17) is 4.74 Å². The molecule has 0 fully saturated rings. The number of ketones is 1. The van der Waals surface area contributed by atoms with E-state index in [1.54, 1.807) is 23.9 Å². The molecule has 136 valence electrons. The van der Waals surface area contributed by atoms with Crippen molar-refractivity contribution < 1.29 is 19.1 Å². The number of nitrogens with one attached hydrogen (secondary N) is 2. The Balaban J connectivity index is 1.66. The van der Waals surface area contributed by atoms with Crippen LogP contribution in [0.15, 0.2) is 59.5 Å². The molecule has 2 aromatic rings. The van der Waals surface area contributed by atoms with Gasteiger partial charge in [-0.25, -0.2) is 4.79 Å². The molecule has 0 atom stereocenters. The first-order chi connectivity index (χ1) is 12.6. The topological polar surface area (TPSA) is 84.5 Å². The van der Waals surface area contributed by atoms with Crippen molar-refractivity contribution in [2.75, 3.05) is 19.4 Å². The van der Waals surface area contributed by atoms with Crippen molar-refractivity contribution in [3.8, 4) is 0 Å². The van der Waals surface area contributed by atoms with Crippen LogP contribution in [0.3, 0.4) is 0 Å². The van der Waals surface area contributed by atoms with E-state index in [0.29, 0.717) is 12.1 Å². The van der Waals surface area contributed by atoms with Gasteiger partial charge in [0.15, 0.2) is 12.4 Å². The van der Waals surface area contributed by atoms with Crippen molar-refractivity contribution in [1.82, 2.24) is 10.6 Å². The number of amides is 2. The van der Waals surface area contributed by atoms with E-state index in [1.165, 1.54) is 0 Å². The molecule has 0 radical (unpaired) electrons. The molecule has 0 saturated carbocycles. The molecule has 0 aliphatic heterocycles. The highest BCUT2D eigenvalue weighted by Gasteiger charge is 2.11. The summed E-state index contributed by atoms with van der Waals surface area (Å²) in [6.07, 6.45) is 1.95. The number of Topliss-reactive ketones (excluding diaryl/α,β-unsaturated/α-hetero) is 1. The second-order valence-electron chi connectivity index (χ2n) is 5.33. The Kier molecular flexibility index (Phi) is 7.70. The SMILES string of the molecule is CSc1ccc(C(=O)COC(=O)CNC(=O)NCc2ccccc2)cc1. The minimum absolute atomic E-state index is 0.292. The third-order valence-corrected chi connectivity index (χ3v) is 4.21. The van der Waals surface area contributed by atoms with Crippen molar-refractivity contribution in [2.45, 2.75) is 11.4 Å². The lowest BCUT2D eigenvalue weighted by Gasteiger charge is -2.08. The molecule has 6 nitrogen and oxygen atoms in total. The fraction of sp³-hybridized carbons (Fsp3) is 0.211. The van der Waals surface area contributed by atoms with Crippen LogP contribution < -0.4 is 10.6 Å². The third kappa shape index (κ3) is 6.60. The molecule has 2 N–H and O–H groups in total. The molecule has 7 heteroatoms. The van der Waals surface area contributed by atoms with Gasteiger partial charge in [0.1, 0.15) is 6.54 Å². The zero-order chi connectivity index (χ0) is 18.8. The van der Waals surface area contributed by atoms with Gasteiger partial charge >= 0.3 is 12.0 Å². The van der Waals surface area contributed by atoms with E-state index in [2.05, 4.69) is 10.6 Å². The van der Waals surface area contributed by atoms with Gasteiger partial charge in [0.25, 0.3) is 0 Å². The molecule has 0 spiro atoms. The molecule has 26 heavy (non-hydrogen) atoms. The van der Waals surface area contributed by atoms with E-state index in [9.17, 15) is 14.4 Å². The first-order valence-electron chi connectivity index (χ1n) is 7.97. The summed E-state index contributed by atoms with van der Waals surface area (Å²) in [7, 11) is 0. The molecule has 0 heterocycles. The van der Waals surface area contributed by atoms with Crippen LogP contribution in [0, 0.1) is 0 Å². The molecule has 0 aliphatic rings. The lowest BCUT2D eigenvalue weighted by Crippen LogP contribution is -2.38. The molecular weight excluding hydrogens is 352 g/mol. The van der Waals surface area contributed by atoms with Crippen LogP contribution in [0.2, 0.25) is 0 Å². The second-order valence-corrected chi connectivity index (χ2v) is 6.21. The number of hydrogen-bond donors (Lipinski definition) is 2. The van der Waals surface area contributed by atoms with Crippen LogP contribution in [0.1, 0.15) is 15.9 Å². The summed E-state index contributed by atoms with van der Waals surface area (Å²) in [5.74, 6) is -0.964. The third-order valence-electron chi connectivity index (χ3n) is 3.47. The number of carbonyl (C=O) groups excluding carboxylic acids is 3. The summed E-state index contributed by atoms with van der Waals surface area (Å²) < 4.78 is 4.89. The average Bonchev–Trinajstić information content (AvgIpc) is 2.69. The van der Waals surface area contributed by atoms with Gasteiger partial charge in [-0.2, -0.15) is 0 Å². The van der Waals surface area contributed by atoms with Gasteiger partial charge in [0.05, 0.1) is 0 Å². The molecule has 0 aliphatic carbocycles. The Bertz CT molecular complexity index is 748. The summed E-state index contributed by atoms with van der Waals surface area (Å²) in [5.41, 5.74) is 1.42. The highest BCUT2D eigenvalue weighted by atomic mass is 32.2. The summed E-state index contributed by atoms with van der Waals surface area (Å²) >= 11 is 1.58. The highest BCUT2D eigenvalue weighted by Crippen LogP contribution is 2.15. The Morgan fingerprint density at radius 2 is 1.65 bits per heavy atom. The smallest absolute Gasteiger partial charge is 0.325 e. The van der Waals surface area contributed by atoms with Gasteiger partial charge < -0.3 is 15.4 Å². The quantitative estimate of drug-likeness (QED) is 0.423. The zero-order valence-corrected chi connectivity index (χ0v) is 15.2. The van der Waals surface area contributed by atoms with Gasteiger partial charge in [-0.1, -0.05) is 42.5 Å².